The molecule has 0 unspecified atom stereocenters. The molecule has 0 bridgehead atoms. The lowest BCUT2D eigenvalue weighted by Gasteiger charge is -2.20. The summed E-state index contributed by atoms with van der Waals surface area (Å²) in [5.41, 5.74) is 1.72. The molecule has 0 saturated carbocycles. The van der Waals surface area contributed by atoms with E-state index in [-0.39, 0.29) is 17.3 Å². The number of halogens is 1. The van der Waals surface area contributed by atoms with E-state index in [1.54, 1.807) is 51.6 Å². The van der Waals surface area contributed by atoms with Crippen LogP contribution in [0.25, 0.3) is 10.2 Å². The normalized spacial score (nSPS) is 11.7. The van der Waals surface area contributed by atoms with Crippen molar-refractivity contribution in [3.8, 4) is 5.75 Å². The number of thiazole rings is 1. The van der Waals surface area contributed by atoms with Gasteiger partial charge in [0.05, 0.1) is 33.5 Å². The van der Waals surface area contributed by atoms with Crippen molar-refractivity contribution >= 4 is 54.0 Å². The number of anilines is 1. The second-order valence-electron chi connectivity index (χ2n) is 7.79. The fraction of sp³-hybridized carbons (Fsp3) is 0.208. The van der Waals surface area contributed by atoms with Crippen molar-refractivity contribution in [2.24, 2.45) is 0 Å². The van der Waals surface area contributed by atoms with E-state index in [9.17, 15) is 13.2 Å². The maximum atomic E-state index is 13.6. The summed E-state index contributed by atoms with van der Waals surface area (Å²) in [6, 6.07) is 13.1. The molecule has 4 rings (SSSR count). The lowest BCUT2D eigenvalue weighted by atomic mass is 10.2. The van der Waals surface area contributed by atoms with E-state index >= 15 is 0 Å². The van der Waals surface area contributed by atoms with Crippen molar-refractivity contribution in [1.29, 1.82) is 0 Å². The first-order valence-corrected chi connectivity index (χ1v) is 13.1. The maximum Gasteiger partial charge on any atom is 0.260 e. The Balaban J connectivity index is 1.77. The van der Waals surface area contributed by atoms with Crippen LogP contribution in [0.5, 0.6) is 5.75 Å². The number of methoxy groups -OCH3 is 1. The Labute approximate surface area is 206 Å². The molecule has 0 aliphatic rings. The first-order chi connectivity index (χ1) is 16.2. The third-order valence-corrected chi connectivity index (χ3v) is 8.97. The molecule has 0 atom stereocenters. The first-order valence-electron chi connectivity index (χ1n) is 10.4. The Morgan fingerprint density at radius 1 is 1.15 bits per heavy atom. The van der Waals surface area contributed by atoms with Gasteiger partial charge in [-0.2, -0.15) is 0 Å². The highest BCUT2D eigenvalue weighted by Gasteiger charge is 2.25. The monoisotopic (exact) mass is 515 g/mol. The number of fused-ring (bicyclic) bond motifs is 1. The molecule has 0 N–H and O–H groups in total. The Hall–Kier alpha value is -3.01. The molecule has 4 aromatic rings. The summed E-state index contributed by atoms with van der Waals surface area (Å²) in [5, 5.41) is 0.393. The number of nitrogens with zero attached hydrogens (tertiary/aromatic N) is 3. The number of ether oxygens (including phenoxy) is 1. The largest absolute Gasteiger partial charge is 0.494 e. The minimum absolute atomic E-state index is 0.175. The fourth-order valence-electron chi connectivity index (χ4n) is 3.34. The van der Waals surface area contributed by atoms with Gasteiger partial charge in [-0.25, -0.2) is 13.4 Å². The lowest BCUT2D eigenvalue weighted by Crippen LogP contribution is -2.30. The van der Waals surface area contributed by atoms with Crippen LogP contribution in [0.1, 0.15) is 29.8 Å². The number of pyridine rings is 1. The molecule has 7 nitrogen and oxygen atoms in total. The van der Waals surface area contributed by atoms with Crippen LogP contribution in [0.2, 0.25) is 5.02 Å². The van der Waals surface area contributed by atoms with Crippen LogP contribution >= 0.6 is 22.9 Å². The molecular weight excluding hydrogens is 494 g/mol. The number of rotatable bonds is 7. The molecule has 34 heavy (non-hydrogen) atoms. The first kappa shape index (κ1) is 24.1. The summed E-state index contributed by atoms with van der Waals surface area (Å²) in [5.74, 6) is 0.227. The zero-order chi connectivity index (χ0) is 24.5. The van der Waals surface area contributed by atoms with E-state index in [4.69, 9.17) is 16.3 Å². The number of aromatic nitrogens is 2. The Morgan fingerprint density at radius 3 is 2.50 bits per heavy atom. The van der Waals surface area contributed by atoms with E-state index in [2.05, 4.69) is 9.97 Å². The molecule has 0 radical (unpaired) electrons. The van der Waals surface area contributed by atoms with Gasteiger partial charge >= 0.3 is 0 Å². The molecule has 176 valence electrons. The highest BCUT2D eigenvalue weighted by molar-refractivity contribution is 7.92. The van der Waals surface area contributed by atoms with Gasteiger partial charge in [-0.15, -0.1) is 0 Å². The number of benzene rings is 2. The smallest absolute Gasteiger partial charge is 0.260 e. The van der Waals surface area contributed by atoms with Crippen molar-refractivity contribution in [3.05, 3.63) is 77.1 Å². The Bertz CT molecular complexity index is 1440. The number of carbonyl (C=O) groups excluding carboxylic acids is 1. The molecule has 0 fully saturated rings. The number of amides is 1. The quantitative estimate of drug-likeness (QED) is 0.328. The van der Waals surface area contributed by atoms with Crippen LogP contribution in [-0.4, -0.2) is 36.7 Å². The minimum Gasteiger partial charge on any atom is -0.494 e. The van der Waals surface area contributed by atoms with Gasteiger partial charge in [0.1, 0.15) is 11.3 Å². The summed E-state index contributed by atoms with van der Waals surface area (Å²) in [6.45, 7) is 3.46. The van der Waals surface area contributed by atoms with Gasteiger partial charge in [-0.3, -0.25) is 14.7 Å². The van der Waals surface area contributed by atoms with Gasteiger partial charge in [0, 0.05) is 18.0 Å². The third-order valence-electron chi connectivity index (χ3n) is 5.26. The SMILES string of the molecule is COc1ccc(Cl)c2sc(N(Cc3cccnc3)C(=O)c3ccc(S(=O)(=O)C(C)C)cc3)nc12. The van der Waals surface area contributed by atoms with E-state index in [1.165, 1.54) is 40.5 Å². The van der Waals surface area contributed by atoms with Crippen molar-refractivity contribution in [1.82, 2.24) is 9.97 Å². The zero-order valence-corrected chi connectivity index (χ0v) is 21.1. The van der Waals surface area contributed by atoms with Crippen molar-refractivity contribution in [2.75, 3.05) is 12.0 Å². The van der Waals surface area contributed by atoms with Crippen LogP contribution in [0, 0.1) is 0 Å². The van der Waals surface area contributed by atoms with Crippen molar-refractivity contribution < 1.29 is 17.9 Å². The number of sulfone groups is 1. The van der Waals surface area contributed by atoms with Crippen LogP contribution in [0.15, 0.2) is 65.8 Å². The second kappa shape index (κ2) is 9.69. The van der Waals surface area contributed by atoms with Gasteiger partial charge < -0.3 is 4.74 Å². The average molecular weight is 516 g/mol. The Morgan fingerprint density at radius 2 is 1.88 bits per heavy atom. The summed E-state index contributed by atoms with van der Waals surface area (Å²) >= 11 is 7.67. The molecule has 2 heterocycles. The molecule has 2 aromatic heterocycles. The lowest BCUT2D eigenvalue weighted by molar-refractivity contribution is 0.0985. The topological polar surface area (TPSA) is 89.5 Å². The zero-order valence-electron chi connectivity index (χ0n) is 18.7. The molecule has 1 amide bonds. The number of carbonyl (C=O) groups is 1. The molecule has 0 saturated heterocycles. The summed E-state index contributed by atoms with van der Waals surface area (Å²) < 4.78 is 31.1. The van der Waals surface area contributed by atoms with Crippen molar-refractivity contribution in [2.45, 2.75) is 30.5 Å². The van der Waals surface area contributed by atoms with Crippen LogP contribution in [0.4, 0.5) is 5.13 Å². The molecule has 2 aromatic carbocycles. The second-order valence-corrected chi connectivity index (χ2v) is 11.7. The van der Waals surface area contributed by atoms with E-state index in [0.29, 0.717) is 31.7 Å². The van der Waals surface area contributed by atoms with Gasteiger partial charge in [0.25, 0.3) is 5.91 Å². The summed E-state index contributed by atoms with van der Waals surface area (Å²) in [6.07, 6.45) is 3.34. The minimum atomic E-state index is -3.44. The molecule has 0 aliphatic heterocycles. The molecular formula is C24H22ClN3O4S2. The van der Waals surface area contributed by atoms with Crippen LogP contribution in [-0.2, 0) is 16.4 Å². The van der Waals surface area contributed by atoms with Gasteiger partial charge in [0.2, 0.25) is 0 Å². The van der Waals surface area contributed by atoms with E-state index in [1.807, 2.05) is 6.07 Å². The summed E-state index contributed by atoms with van der Waals surface area (Å²) in [4.78, 5) is 24.1. The summed E-state index contributed by atoms with van der Waals surface area (Å²) in [7, 11) is -1.89. The van der Waals surface area contributed by atoms with Crippen LogP contribution in [0.3, 0.4) is 0 Å². The van der Waals surface area contributed by atoms with E-state index < -0.39 is 15.1 Å². The van der Waals surface area contributed by atoms with Crippen LogP contribution < -0.4 is 9.64 Å². The molecule has 0 spiro atoms. The maximum absolute atomic E-state index is 13.6. The number of hydrogen-bond donors (Lipinski definition) is 0. The standard InChI is InChI=1S/C24H22ClN3O4S2/c1-15(2)34(30,31)18-8-6-17(7-9-18)23(29)28(14-16-5-4-12-26-13-16)24-27-21-20(32-3)11-10-19(25)22(21)33-24/h4-13,15H,14H2,1-3H3. The third kappa shape index (κ3) is 4.64. The predicted molar refractivity (Wildman–Crippen MR) is 135 cm³/mol. The predicted octanol–water partition coefficient (Wildman–Crippen LogP) is 5.38. The fourth-order valence-corrected chi connectivity index (χ4v) is 5.65. The van der Waals surface area contributed by atoms with E-state index in [0.717, 1.165) is 5.56 Å². The highest BCUT2D eigenvalue weighted by atomic mass is 35.5. The van der Waals surface area contributed by atoms with Crippen molar-refractivity contribution in [3.63, 3.8) is 0 Å². The molecule has 10 heteroatoms. The van der Waals surface area contributed by atoms with Gasteiger partial charge in [-0.1, -0.05) is 29.0 Å². The van der Waals surface area contributed by atoms with Gasteiger partial charge in [-0.05, 0) is 61.9 Å². The van der Waals surface area contributed by atoms with Gasteiger partial charge in [0.15, 0.2) is 15.0 Å². The average Bonchev–Trinajstić information content (AvgIpc) is 3.29. The molecule has 0 aliphatic carbocycles. The Kier molecular flexibility index (Phi) is 6.88. The number of hydrogen-bond acceptors (Lipinski definition) is 7. The highest BCUT2D eigenvalue weighted by Crippen LogP contribution is 2.39.